The maximum Gasteiger partial charge on any atom is 0.261 e. The van der Waals surface area contributed by atoms with E-state index in [4.69, 9.17) is 16.6 Å². The fourth-order valence-electron chi connectivity index (χ4n) is 3.62. The van der Waals surface area contributed by atoms with E-state index in [0.717, 1.165) is 12.0 Å². The zero-order valence-corrected chi connectivity index (χ0v) is 17.8. The number of hydrogen-bond donors (Lipinski definition) is 0. The number of aromatic nitrogens is 2. The average molecular weight is 412 g/mol. The number of fused-ring (bicyclic) bond motifs is 1. The van der Waals surface area contributed by atoms with Gasteiger partial charge in [0.25, 0.3) is 5.56 Å². The summed E-state index contributed by atoms with van der Waals surface area (Å²) in [6.45, 7) is 6.96. The lowest BCUT2D eigenvalue weighted by molar-refractivity contribution is -0.132. The molecule has 1 aromatic heterocycles. The van der Waals surface area contributed by atoms with Gasteiger partial charge in [-0.3, -0.25) is 14.2 Å². The van der Waals surface area contributed by atoms with Gasteiger partial charge in [0.2, 0.25) is 5.91 Å². The Kier molecular flexibility index (Phi) is 6.70. The lowest BCUT2D eigenvalue weighted by atomic mass is 10.1. The molecular formula is C23H26ClN3O2. The third-order valence-corrected chi connectivity index (χ3v) is 5.32. The van der Waals surface area contributed by atoms with Crippen LogP contribution in [-0.2, 0) is 17.8 Å². The predicted molar refractivity (Wildman–Crippen MR) is 117 cm³/mol. The normalized spacial score (nSPS) is 12.1. The second kappa shape index (κ2) is 9.23. The Balaban J connectivity index is 2.02. The van der Waals surface area contributed by atoms with Crippen molar-refractivity contribution in [1.82, 2.24) is 14.5 Å². The summed E-state index contributed by atoms with van der Waals surface area (Å²) >= 11 is 6.07. The monoisotopic (exact) mass is 411 g/mol. The molecule has 0 aliphatic carbocycles. The largest absolute Gasteiger partial charge is 0.333 e. The number of carbonyl (C=O) groups is 1. The molecule has 0 N–H and O–H groups in total. The second-order valence-electron chi connectivity index (χ2n) is 7.11. The van der Waals surface area contributed by atoms with Crippen molar-refractivity contribution in [3.8, 4) is 0 Å². The molecule has 3 aromatic rings. The third kappa shape index (κ3) is 4.51. The molecule has 1 unspecified atom stereocenters. The number of hydrogen-bond acceptors (Lipinski definition) is 3. The van der Waals surface area contributed by atoms with Gasteiger partial charge < -0.3 is 4.90 Å². The molecule has 1 amide bonds. The molecule has 3 rings (SSSR count). The quantitative estimate of drug-likeness (QED) is 0.570. The van der Waals surface area contributed by atoms with Crippen molar-refractivity contribution < 1.29 is 4.79 Å². The van der Waals surface area contributed by atoms with Crippen molar-refractivity contribution in [3.63, 3.8) is 0 Å². The Labute approximate surface area is 175 Å². The Bertz CT molecular complexity index is 1060. The van der Waals surface area contributed by atoms with Crippen LogP contribution < -0.4 is 5.56 Å². The number of rotatable bonds is 7. The van der Waals surface area contributed by atoms with Crippen LogP contribution in [0.5, 0.6) is 0 Å². The van der Waals surface area contributed by atoms with Gasteiger partial charge in [-0.15, -0.1) is 0 Å². The molecule has 29 heavy (non-hydrogen) atoms. The molecule has 0 bridgehead atoms. The van der Waals surface area contributed by atoms with Crippen molar-refractivity contribution in [2.45, 2.75) is 46.2 Å². The summed E-state index contributed by atoms with van der Waals surface area (Å²) in [7, 11) is 0. The molecule has 0 aliphatic rings. The van der Waals surface area contributed by atoms with Crippen LogP contribution >= 0.6 is 11.6 Å². The highest BCUT2D eigenvalue weighted by Gasteiger charge is 2.25. The molecular weight excluding hydrogens is 386 g/mol. The summed E-state index contributed by atoms with van der Waals surface area (Å²) in [5.41, 5.74) is 1.44. The van der Waals surface area contributed by atoms with Crippen LogP contribution in [-0.4, -0.2) is 26.9 Å². The van der Waals surface area contributed by atoms with Crippen LogP contribution in [0.2, 0.25) is 5.02 Å². The first-order chi connectivity index (χ1) is 14.0. The van der Waals surface area contributed by atoms with E-state index in [0.29, 0.717) is 41.3 Å². The molecule has 0 saturated heterocycles. The van der Waals surface area contributed by atoms with Crippen molar-refractivity contribution in [2.24, 2.45) is 0 Å². The standard InChI is InChI=1S/C23H26ClN3O2/c1-4-13-27(21(28)14-17-9-7-6-8-10-17)16(3)22-25-20-12-11-18(24)15-19(20)23(29)26(22)5-2/h6-12,15-16H,4-5,13-14H2,1-3H3. The maximum atomic E-state index is 13.1. The van der Waals surface area contributed by atoms with Gasteiger partial charge in [0, 0.05) is 18.1 Å². The lowest BCUT2D eigenvalue weighted by Crippen LogP contribution is -2.39. The predicted octanol–water partition coefficient (Wildman–Crippen LogP) is 4.61. The highest BCUT2D eigenvalue weighted by Crippen LogP contribution is 2.23. The minimum absolute atomic E-state index is 0.0265. The Morgan fingerprint density at radius 2 is 1.90 bits per heavy atom. The molecule has 0 radical (unpaired) electrons. The van der Waals surface area contributed by atoms with Gasteiger partial charge >= 0.3 is 0 Å². The van der Waals surface area contributed by atoms with E-state index in [9.17, 15) is 9.59 Å². The highest BCUT2D eigenvalue weighted by molar-refractivity contribution is 6.31. The van der Waals surface area contributed by atoms with Crippen molar-refractivity contribution in [3.05, 3.63) is 75.3 Å². The number of benzene rings is 2. The summed E-state index contributed by atoms with van der Waals surface area (Å²) in [6.07, 6.45) is 1.15. The molecule has 0 fully saturated rings. The van der Waals surface area contributed by atoms with Crippen molar-refractivity contribution in [2.75, 3.05) is 6.54 Å². The minimum atomic E-state index is -0.320. The van der Waals surface area contributed by atoms with E-state index < -0.39 is 0 Å². The van der Waals surface area contributed by atoms with Gasteiger partial charge in [0.15, 0.2) is 0 Å². The summed E-state index contributed by atoms with van der Waals surface area (Å²) in [5.74, 6) is 0.626. The van der Waals surface area contributed by atoms with E-state index in [1.54, 1.807) is 22.8 Å². The fraction of sp³-hybridized carbons (Fsp3) is 0.348. The SMILES string of the molecule is CCCN(C(=O)Cc1ccccc1)C(C)c1nc2ccc(Cl)cc2c(=O)n1CC. The molecule has 1 atom stereocenters. The number of halogens is 1. The lowest BCUT2D eigenvalue weighted by Gasteiger charge is -2.30. The summed E-state index contributed by atoms with van der Waals surface area (Å²) in [4.78, 5) is 32.7. The summed E-state index contributed by atoms with van der Waals surface area (Å²) in [6, 6.07) is 14.5. The van der Waals surface area contributed by atoms with Crippen LogP contribution in [0.4, 0.5) is 0 Å². The number of carbonyl (C=O) groups excluding carboxylic acids is 1. The van der Waals surface area contributed by atoms with Crippen LogP contribution in [0, 0.1) is 0 Å². The zero-order chi connectivity index (χ0) is 21.0. The topological polar surface area (TPSA) is 55.2 Å². The van der Waals surface area contributed by atoms with Gasteiger partial charge in [-0.05, 0) is 44.0 Å². The van der Waals surface area contributed by atoms with Gasteiger partial charge in [-0.1, -0.05) is 48.9 Å². The van der Waals surface area contributed by atoms with Gasteiger partial charge in [-0.25, -0.2) is 4.98 Å². The molecule has 2 aromatic carbocycles. The molecule has 0 spiro atoms. The van der Waals surface area contributed by atoms with Crippen LogP contribution in [0.3, 0.4) is 0 Å². The maximum absolute atomic E-state index is 13.1. The molecule has 0 saturated carbocycles. The summed E-state index contributed by atoms with van der Waals surface area (Å²) in [5, 5.41) is 0.999. The van der Waals surface area contributed by atoms with E-state index in [1.165, 1.54) is 0 Å². The Morgan fingerprint density at radius 1 is 1.17 bits per heavy atom. The molecule has 6 heteroatoms. The van der Waals surface area contributed by atoms with E-state index >= 15 is 0 Å². The highest BCUT2D eigenvalue weighted by atomic mass is 35.5. The smallest absolute Gasteiger partial charge is 0.261 e. The minimum Gasteiger partial charge on any atom is -0.333 e. The summed E-state index contributed by atoms with van der Waals surface area (Å²) < 4.78 is 1.64. The van der Waals surface area contributed by atoms with E-state index in [1.807, 2.05) is 56.0 Å². The van der Waals surface area contributed by atoms with E-state index in [-0.39, 0.29) is 17.5 Å². The Morgan fingerprint density at radius 3 is 2.55 bits per heavy atom. The number of amides is 1. The first-order valence-corrected chi connectivity index (χ1v) is 10.4. The molecule has 152 valence electrons. The van der Waals surface area contributed by atoms with Crippen LogP contribution in [0.25, 0.3) is 10.9 Å². The fourth-order valence-corrected chi connectivity index (χ4v) is 3.79. The van der Waals surface area contributed by atoms with Crippen LogP contribution in [0.15, 0.2) is 53.3 Å². The van der Waals surface area contributed by atoms with Gasteiger partial charge in [-0.2, -0.15) is 0 Å². The second-order valence-corrected chi connectivity index (χ2v) is 7.54. The first kappa shape index (κ1) is 21.1. The third-order valence-electron chi connectivity index (χ3n) is 5.09. The van der Waals surface area contributed by atoms with Gasteiger partial charge in [0.05, 0.1) is 23.4 Å². The average Bonchev–Trinajstić information content (AvgIpc) is 2.72. The molecule has 5 nitrogen and oxygen atoms in total. The Hall–Kier alpha value is -2.66. The van der Waals surface area contributed by atoms with Crippen LogP contribution in [0.1, 0.15) is 44.6 Å². The molecule has 1 heterocycles. The van der Waals surface area contributed by atoms with Crippen molar-refractivity contribution in [1.29, 1.82) is 0 Å². The first-order valence-electron chi connectivity index (χ1n) is 9.99. The van der Waals surface area contributed by atoms with Gasteiger partial charge in [0.1, 0.15) is 5.82 Å². The zero-order valence-electron chi connectivity index (χ0n) is 17.1. The number of nitrogens with zero attached hydrogens (tertiary/aromatic N) is 3. The molecule has 0 aliphatic heterocycles. The van der Waals surface area contributed by atoms with Crippen molar-refractivity contribution >= 4 is 28.4 Å². The van der Waals surface area contributed by atoms with E-state index in [2.05, 4.69) is 0 Å².